The number of hydrogen-bond acceptors (Lipinski definition) is 1. The van der Waals surface area contributed by atoms with E-state index < -0.39 is 0 Å². The van der Waals surface area contributed by atoms with Crippen molar-refractivity contribution in [3.63, 3.8) is 0 Å². The van der Waals surface area contributed by atoms with Gasteiger partial charge in [-0.2, -0.15) is 0 Å². The molecule has 0 amide bonds. The van der Waals surface area contributed by atoms with Crippen molar-refractivity contribution in [2.75, 3.05) is 6.61 Å². The average molecular weight is 222 g/mol. The quantitative estimate of drug-likeness (QED) is 0.530. The number of aryl methyl sites for hydroxylation is 2. The van der Waals surface area contributed by atoms with Crippen LogP contribution in [0.2, 0.25) is 0 Å². The van der Waals surface area contributed by atoms with Crippen LogP contribution in [0.4, 0.5) is 0 Å². The second-order valence-electron chi connectivity index (χ2n) is 4.46. The summed E-state index contributed by atoms with van der Waals surface area (Å²) in [5, 5.41) is 8.64. The van der Waals surface area contributed by atoms with Gasteiger partial charge in [0.15, 0.2) is 12.4 Å². The molecule has 2 nitrogen and oxygen atoms in total. The molecule has 0 aromatic carbocycles. The minimum absolute atomic E-state index is 0.346. The molecule has 0 aliphatic heterocycles. The first kappa shape index (κ1) is 13.2. The van der Waals surface area contributed by atoms with E-state index in [1.165, 1.54) is 37.7 Å². The third-order valence-corrected chi connectivity index (χ3v) is 2.88. The number of rotatable bonds is 8. The second-order valence-corrected chi connectivity index (χ2v) is 4.46. The maximum Gasteiger partial charge on any atom is 0.169 e. The summed E-state index contributed by atoms with van der Waals surface area (Å²) < 4.78 is 2.25. The van der Waals surface area contributed by atoms with E-state index in [-0.39, 0.29) is 0 Å². The van der Waals surface area contributed by atoms with E-state index in [1.807, 2.05) is 0 Å². The van der Waals surface area contributed by atoms with Crippen LogP contribution in [0.15, 0.2) is 24.5 Å². The van der Waals surface area contributed by atoms with Crippen LogP contribution < -0.4 is 4.57 Å². The maximum absolute atomic E-state index is 8.64. The third-order valence-electron chi connectivity index (χ3n) is 2.88. The molecule has 0 saturated heterocycles. The molecule has 1 heterocycles. The summed E-state index contributed by atoms with van der Waals surface area (Å²) >= 11 is 0. The van der Waals surface area contributed by atoms with Gasteiger partial charge in [0.05, 0.1) is 0 Å². The van der Waals surface area contributed by atoms with Gasteiger partial charge < -0.3 is 5.11 Å². The molecule has 2 heteroatoms. The highest BCUT2D eigenvalue weighted by Crippen LogP contribution is 2.04. The Bertz CT molecular complexity index is 269. The highest BCUT2D eigenvalue weighted by Gasteiger charge is 1.98. The molecule has 1 N–H and O–H groups in total. The van der Waals surface area contributed by atoms with Gasteiger partial charge in [-0.1, -0.05) is 19.3 Å². The van der Waals surface area contributed by atoms with E-state index in [0.29, 0.717) is 6.61 Å². The minimum atomic E-state index is 0.346. The van der Waals surface area contributed by atoms with Crippen LogP contribution in [0.1, 0.15) is 44.1 Å². The molecule has 90 valence electrons. The van der Waals surface area contributed by atoms with Gasteiger partial charge in [-0.3, -0.25) is 0 Å². The van der Waals surface area contributed by atoms with E-state index >= 15 is 0 Å². The lowest BCUT2D eigenvalue weighted by molar-refractivity contribution is -0.697. The zero-order valence-corrected chi connectivity index (χ0v) is 10.4. The lowest BCUT2D eigenvalue weighted by Gasteiger charge is -1.99. The summed E-state index contributed by atoms with van der Waals surface area (Å²) in [6, 6.07) is 4.31. The van der Waals surface area contributed by atoms with Crippen molar-refractivity contribution in [3.8, 4) is 0 Å². The molecule has 0 radical (unpaired) electrons. The van der Waals surface area contributed by atoms with E-state index in [0.717, 1.165) is 13.0 Å². The first-order valence-electron chi connectivity index (χ1n) is 6.39. The van der Waals surface area contributed by atoms with Crippen molar-refractivity contribution >= 4 is 0 Å². The van der Waals surface area contributed by atoms with Gasteiger partial charge in [0, 0.05) is 25.2 Å². The summed E-state index contributed by atoms with van der Waals surface area (Å²) in [5.41, 5.74) is 1.32. The summed E-state index contributed by atoms with van der Waals surface area (Å²) in [5.74, 6) is 0. The Hall–Kier alpha value is -0.890. The maximum atomic E-state index is 8.64. The molecular weight excluding hydrogens is 198 g/mol. The highest BCUT2D eigenvalue weighted by molar-refractivity contribution is 5.03. The third kappa shape index (κ3) is 5.86. The first-order valence-corrected chi connectivity index (χ1v) is 6.39. The van der Waals surface area contributed by atoms with Crippen LogP contribution >= 0.6 is 0 Å². The molecule has 0 spiro atoms. The Balaban J connectivity index is 2.01. The number of aromatic nitrogens is 1. The van der Waals surface area contributed by atoms with Crippen molar-refractivity contribution in [1.82, 2.24) is 0 Å². The van der Waals surface area contributed by atoms with Crippen molar-refractivity contribution in [3.05, 3.63) is 30.1 Å². The van der Waals surface area contributed by atoms with Gasteiger partial charge in [0.2, 0.25) is 0 Å². The summed E-state index contributed by atoms with van der Waals surface area (Å²) in [4.78, 5) is 0. The Morgan fingerprint density at radius 3 is 2.12 bits per heavy atom. The summed E-state index contributed by atoms with van der Waals surface area (Å²) in [6.45, 7) is 3.59. The first-order chi connectivity index (χ1) is 7.83. The number of unbranched alkanes of at least 4 members (excludes halogenated alkanes) is 5. The fraction of sp³-hybridized carbons (Fsp3) is 0.643. The van der Waals surface area contributed by atoms with Crippen molar-refractivity contribution < 1.29 is 9.67 Å². The fourth-order valence-electron chi connectivity index (χ4n) is 1.79. The predicted molar refractivity (Wildman–Crippen MR) is 66.2 cm³/mol. The second kappa shape index (κ2) is 8.28. The van der Waals surface area contributed by atoms with Crippen LogP contribution in [0.3, 0.4) is 0 Å². The van der Waals surface area contributed by atoms with Gasteiger partial charge in [-0.15, -0.1) is 0 Å². The van der Waals surface area contributed by atoms with E-state index in [2.05, 4.69) is 36.0 Å². The lowest BCUT2D eigenvalue weighted by atomic mass is 10.1. The van der Waals surface area contributed by atoms with Gasteiger partial charge in [0.25, 0.3) is 0 Å². The Labute approximate surface area is 98.9 Å². The Morgan fingerprint density at radius 1 is 0.938 bits per heavy atom. The molecular formula is C14H24NO+. The Morgan fingerprint density at radius 2 is 1.50 bits per heavy atom. The summed E-state index contributed by atoms with van der Waals surface area (Å²) in [7, 11) is 0. The highest BCUT2D eigenvalue weighted by atomic mass is 16.2. The molecule has 0 bridgehead atoms. The normalized spacial score (nSPS) is 10.6. The zero-order valence-electron chi connectivity index (χ0n) is 10.4. The largest absolute Gasteiger partial charge is 0.396 e. The van der Waals surface area contributed by atoms with Gasteiger partial charge >= 0.3 is 0 Å². The molecule has 0 saturated carbocycles. The van der Waals surface area contributed by atoms with Crippen LogP contribution in [-0.2, 0) is 6.54 Å². The van der Waals surface area contributed by atoms with Crippen LogP contribution in [0, 0.1) is 6.92 Å². The van der Waals surface area contributed by atoms with Gasteiger partial charge in [0.1, 0.15) is 6.54 Å². The lowest BCUT2D eigenvalue weighted by Crippen LogP contribution is -2.32. The monoisotopic (exact) mass is 222 g/mol. The van der Waals surface area contributed by atoms with Crippen molar-refractivity contribution in [2.45, 2.75) is 52.0 Å². The number of aliphatic hydroxyl groups is 1. The topological polar surface area (TPSA) is 24.1 Å². The molecule has 1 rings (SSSR count). The predicted octanol–water partition coefficient (Wildman–Crippen LogP) is 2.62. The molecule has 0 unspecified atom stereocenters. The number of pyridine rings is 1. The molecule has 0 atom stereocenters. The zero-order chi connectivity index (χ0) is 11.6. The summed E-state index contributed by atoms with van der Waals surface area (Å²) in [6.07, 6.45) is 11.6. The average Bonchev–Trinajstić information content (AvgIpc) is 2.30. The van der Waals surface area contributed by atoms with Crippen LogP contribution in [-0.4, -0.2) is 11.7 Å². The van der Waals surface area contributed by atoms with Gasteiger partial charge in [-0.05, 0) is 25.3 Å². The Kier molecular flexibility index (Phi) is 6.82. The molecule has 1 aromatic heterocycles. The number of nitrogens with zero attached hydrogens (tertiary/aromatic N) is 1. The fourth-order valence-corrected chi connectivity index (χ4v) is 1.79. The molecule has 0 fully saturated rings. The molecule has 0 aliphatic rings. The van der Waals surface area contributed by atoms with Crippen molar-refractivity contribution in [2.24, 2.45) is 0 Å². The van der Waals surface area contributed by atoms with Crippen LogP contribution in [0.5, 0.6) is 0 Å². The molecule has 16 heavy (non-hydrogen) atoms. The van der Waals surface area contributed by atoms with Gasteiger partial charge in [-0.25, -0.2) is 4.57 Å². The molecule has 1 aromatic rings. The SMILES string of the molecule is Cc1cc[n+](CCCCCCCCO)cc1. The van der Waals surface area contributed by atoms with E-state index in [9.17, 15) is 0 Å². The van der Waals surface area contributed by atoms with E-state index in [1.54, 1.807) is 0 Å². The van der Waals surface area contributed by atoms with Crippen LogP contribution in [0.25, 0.3) is 0 Å². The smallest absolute Gasteiger partial charge is 0.169 e. The van der Waals surface area contributed by atoms with Crippen molar-refractivity contribution in [1.29, 1.82) is 0 Å². The van der Waals surface area contributed by atoms with E-state index in [4.69, 9.17) is 5.11 Å². The standard InChI is InChI=1S/C14H24NO/c1-14-8-11-15(12-9-14)10-6-4-2-3-5-7-13-16/h8-9,11-12,16H,2-7,10,13H2,1H3/q+1. The number of hydrogen-bond donors (Lipinski definition) is 1. The minimum Gasteiger partial charge on any atom is -0.396 e. The number of aliphatic hydroxyl groups excluding tert-OH is 1. The molecule has 0 aliphatic carbocycles.